The second-order valence-corrected chi connectivity index (χ2v) is 7.03. The second-order valence-electron chi connectivity index (χ2n) is 7.03. The summed E-state index contributed by atoms with van der Waals surface area (Å²) in [5.41, 5.74) is 0.267. The van der Waals surface area contributed by atoms with Gasteiger partial charge in [0.05, 0.1) is 12.0 Å². The van der Waals surface area contributed by atoms with Crippen molar-refractivity contribution in [1.29, 1.82) is 0 Å². The quantitative estimate of drug-likeness (QED) is 0.872. The number of ether oxygens (including phenoxy) is 1. The number of carbonyl (C=O) groups excluding carboxylic acids is 1. The first-order chi connectivity index (χ1) is 10.8. The van der Waals surface area contributed by atoms with Crippen LogP contribution in [0.3, 0.4) is 0 Å². The maximum absolute atomic E-state index is 12.6. The summed E-state index contributed by atoms with van der Waals surface area (Å²) < 4.78 is 5.62. The van der Waals surface area contributed by atoms with E-state index >= 15 is 0 Å². The van der Waals surface area contributed by atoms with Crippen molar-refractivity contribution in [2.24, 2.45) is 5.41 Å². The predicted molar refractivity (Wildman–Crippen MR) is 85.2 cm³/mol. The Labute approximate surface area is 136 Å². The Balaban J connectivity index is 1.78. The van der Waals surface area contributed by atoms with Crippen LogP contribution in [-0.2, 0) is 20.7 Å². The number of nitrogens with one attached hydrogen (secondary N) is 1. The van der Waals surface area contributed by atoms with Gasteiger partial charge in [0.2, 0.25) is 5.91 Å². The fourth-order valence-electron chi connectivity index (χ4n) is 3.83. The number of hydrogen-bond acceptors (Lipinski definition) is 3. The normalized spacial score (nSPS) is 30.6. The Bertz CT molecular complexity index is 654. The average Bonchev–Trinajstić information content (AvgIpc) is 2.46. The lowest BCUT2D eigenvalue weighted by molar-refractivity contribution is -0.195. The zero-order valence-corrected chi connectivity index (χ0v) is 13.8. The summed E-state index contributed by atoms with van der Waals surface area (Å²) in [6.45, 7) is 6.12. The number of aliphatic carboxylic acids is 1. The Morgan fingerprint density at radius 3 is 2.61 bits per heavy atom. The maximum Gasteiger partial charge on any atom is 0.330 e. The van der Waals surface area contributed by atoms with E-state index in [0.29, 0.717) is 19.4 Å². The van der Waals surface area contributed by atoms with Crippen molar-refractivity contribution < 1.29 is 19.4 Å². The van der Waals surface area contributed by atoms with Gasteiger partial charge in [0.1, 0.15) is 5.54 Å². The summed E-state index contributed by atoms with van der Waals surface area (Å²) in [7, 11) is 0. The van der Waals surface area contributed by atoms with Gasteiger partial charge in [0.15, 0.2) is 0 Å². The topological polar surface area (TPSA) is 75.6 Å². The van der Waals surface area contributed by atoms with Crippen LogP contribution < -0.4 is 5.32 Å². The number of fused-ring (bicyclic) bond motifs is 1. The zero-order valence-electron chi connectivity index (χ0n) is 13.8. The molecule has 5 heteroatoms. The van der Waals surface area contributed by atoms with Crippen LogP contribution in [-0.4, -0.2) is 35.2 Å². The first-order valence-corrected chi connectivity index (χ1v) is 8.08. The number of benzene rings is 1. The van der Waals surface area contributed by atoms with E-state index in [9.17, 15) is 14.7 Å². The first kappa shape index (κ1) is 16.0. The molecule has 0 spiro atoms. The maximum atomic E-state index is 12.6. The third-order valence-electron chi connectivity index (χ3n) is 5.64. The number of carbonyl (C=O) groups is 2. The highest BCUT2D eigenvalue weighted by atomic mass is 16.5. The molecule has 1 saturated carbocycles. The molecule has 2 N–H and O–H groups in total. The molecular formula is C18H23NO4. The molecule has 23 heavy (non-hydrogen) atoms. The zero-order chi connectivity index (χ0) is 16.8. The van der Waals surface area contributed by atoms with Crippen LogP contribution in [0.25, 0.3) is 0 Å². The van der Waals surface area contributed by atoms with E-state index < -0.39 is 16.9 Å². The molecular weight excluding hydrogens is 294 g/mol. The Morgan fingerprint density at radius 2 is 2.04 bits per heavy atom. The summed E-state index contributed by atoms with van der Waals surface area (Å²) in [6.07, 6.45) is 0.827. The summed E-state index contributed by atoms with van der Waals surface area (Å²) in [5.74, 6) is -1.43. The largest absolute Gasteiger partial charge is 0.479 e. The van der Waals surface area contributed by atoms with Crippen molar-refractivity contribution in [3.05, 3.63) is 35.4 Å². The van der Waals surface area contributed by atoms with Gasteiger partial charge in [-0.05, 0) is 24.5 Å². The van der Waals surface area contributed by atoms with Gasteiger partial charge in [0.25, 0.3) is 0 Å². The van der Waals surface area contributed by atoms with E-state index in [1.54, 1.807) is 0 Å². The monoisotopic (exact) mass is 317 g/mol. The van der Waals surface area contributed by atoms with E-state index in [1.807, 2.05) is 45.0 Å². The molecule has 3 unspecified atom stereocenters. The number of rotatable bonds is 5. The number of hydrogen-bond donors (Lipinski definition) is 2. The second kappa shape index (κ2) is 5.34. The highest BCUT2D eigenvalue weighted by molar-refractivity contribution is 5.93. The number of amides is 1. The van der Waals surface area contributed by atoms with Gasteiger partial charge in [-0.25, -0.2) is 4.79 Å². The lowest BCUT2D eigenvalue weighted by Gasteiger charge is -2.58. The van der Waals surface area contributed by atoms with Gasteiger partial charge >= 0.3 is 5.97 Å². The molecule has 0 saturated heterocycles. The molecule has 2 aliphatic carbocycles. The minimum Gasteiger partial charge on any atom is -0.479 e. The summed E-state index contributed by atoms with van der Waals surface area (Å²) in [5, 5.41) is 12.6. The fraction of sp³-hybridized carbons (Fsp3) is 0.556. The highest BCUT2D eigenvalue weighted by Crippen LogP contribution is 2.52. The number of carboxylic acids is 1. The Kier molecular flexibility index (Phi) is 3.71. The van der Waals surface area contributed by atoms with E-state index in [2.05, 4.69) is 5.32 Å². The summed E-state index contributed by atoms with van der Waals surface area (Å²) in [4.78, 5) is 24.5. The predicted octanol–water partition coefficient (Wildman–Crippen LogP) is 2.10. The van der Waals surface area contributed by atoms with Gasteiger partial charge in [-0.1, -0.05) is 38.1 Å². The van der Waals surface area contributed by atoms with Crippen LogP contribution in [0.2, 0.25) is 0 Å². The smallest absolute Gasteiger partial charge is 0.330 e. The molecule has 0 bridgehead atoms. The van der Waals surface area contributed by atoms with Gasteiger partial charge in [-0.3, -0.25) is 4.79 Å². The van der Waals surface area contributed by atoms with Gasteiger partial charge < -0.3 is 15.2 Å². The third kappa shape index (κ3) is 2.17. The molecule has 1 aromatic rings. The van der Waals surface area contributed by atoms with Crippen molar-refractivity contribution in [3.8, 4) is 0 Å². The van der Waals surface area contributed by atoms with Crippen molar-refractivity contribution in [1.82, 2.24) is 5.32 Å². The molecule has 0 aromatic heterocycles. The summed E-state index contributed by atoms with van der Waals surface area (Å²) in [6, 6.07) is 7.80. The van der Waals surface area contributed by atoms with Crippen molar-refractivity contribution in [2.45, 2.75) is 51.2 Å². The molecule has 1 aromatic carbocycles. The molecule has 0 heterocycles. The summed E-state index contributed by atoms with van der Waals surface area (Å²) >= 11 is 0. The van der Waals surface area contributed by atoms with E-state index in [4.69, 9.17) is 4.74 Å². The lowest BCUT2D eigenvalue weighted by Crippen LogP contribution is -2.76. The fourth-order valence-corrected chi connectivity index (χ4v) is 3.83. The third-order valence-corrected chi connectivity index (χ3v) is 5.64. The minimum atomic E-state index is -1.26. The van der Waals surface area contributed by atoms with E-state index in [0.717, 1.165) is 11.1 Å². The lowest BCUT2D eigenvalue weighted by atomic mass is 9.54. The molecule has 0 radical (unpaired) electrons. The first-order valence-electron chi connectivity index (χ1n) is 8.08. The van der Waals surface area contributed by atoms with E-state index in [-0.39, 0.29) is 17.9 Å². The molecule has 3 atom stereocenters. The van der Waals surface area contributed by atoms with Crippen LogP contribution in [0.4, 0.5) is 0 Å². The van der Waals surface area contributed by atoms with Crippen molar-refractivity contribution >= 4 is 11.9 Å². The highest BCUT2D eigenvalue weighted by Gasteiger charge is 2.66. The van der Waals surface area contributed by atoms with E-state index in [1.165, 1.54) is 0 Å². The van der Waals surface area contributed by atoms with Crippen LogP contribution in [0.15, 0.2) is 24.3 Å². The SMILES string of the molecule is CCOC1CC(NC(=O)C2Cc3ccccc32)(C(=O)O)C1(C)C. The van der Waals surface area contributed by atoms with Gasteiger partial charge in [-0.2, -0.15) is 0 Å². The standard InChI is InChI=1S/C18H23NO4/c1-4-23-14-10-18(16(21)22,17(14,2)3)19-15(20)13-9-11-7-5-6-8-12(11)13/h5-8,13-14H,4,9-10H2,1-3H3,(H,19,20)(H,21,22). The van der Waals surface area contributed by atoms with Crippen LogP contribution in [0.1, 0.15) is 44.2 Å². The Hall–Kier alpha value is -1.88. The average molecular weight is 317 g/mol. The molecule has 1 amide bonds. The minimum absolute atomic E-state index is 0.155. The molecule has 3 rings (SSSR count). The van der Waals surface area contributed by atoms with Crippen LogP contribution >= 0.6 is 0 Å². The molecule has 0 aliphatic heterocycles. The molecule has 2 aliphatic rings. The molecule has 5 nitrogen and oxygen atoms in total. The molecule has 1 fully saturated rings. The number of carboxylic acid groups (broad SMARTS) is 1. The van der Waals surface area contributed by atoms with Crippen molar-refractivity contribution in [3.63, 3.8) is 0 Å². The van der Waals surface area contributed by atoms with Crippen LogP contribution in [0.5, 0.6) is 0 Å². The van der Waals surface area contributed by atoms with Crippen LogP contribution in [0, 0.1) is 5.41 Å². The molecule has 124 valence electrons. The van der Waals surface area contributed by atoms with Gasteiger partial charge in [0, 0.05) is 18.4 Å². The Morgan fingerprint density at radius 1 is 1.35 bits per heavy atom. The van der Waals surface area contributed by atoms with Crippen molar-refractivity contribution in [2.75, 3.05) is 6.61 Å². The van der Waals surface area contributed by atoms with Gasteiger partial charge in [-0.15, -0.1) is 0 Å².